The number of methoxy groups -OCH3 is 1. The molecule has 0 saturated carbocycles. The predicted molar refractivity (Wildman–Crippen MR) is 124 cm³/mol. The lowest BCUT2D eigenvalue weighted by molar-refractivity contribution is 0.281. The van der Waals surface area contributed by atoms with Crippen molar-refractivity contribution in [3.8, 4) is 11.5 Å². The van der Waals surface area contributed by atoms with Gasteiger partial charge in [0.15, 0.2) is 11.5 Å². The molecule has 3 rings (SSSR count). The van der Waals surface area contributed by atoms with Gasteiger partial charge < -0.3 is 14.8 Å². The molecule has 1 N–H and O–H groups in total. The van der Waals surface area contributed by atoms with E-state index < -0.39 is 0 Å². The molecule has 150 valence electrons. The fourth-order valence-electron chi connectivity index (χ4n) is 3.06. The fraction of sp³-hybridized carbons (Fsp3) is 0.200. The summed E-state index contributed by atoms with van der Waals surface area (Å²) in [5.41, 5.74) is 5.64. The maximum absolute atomic E-state index is 6.16. The molecule has 3 nitrogen and oxygen atoms in total. The molecule has 0 atom stereocenters. The van der Waals surface area contributed by atoms with E-state index in [-0.39, 0.29) is 0 Å². The average molecular weight is 452 g/mol. The molecule has 0 fully saturated rings. The number of rotatable bonds is 9. The van der Waals surface area contributed by atoms with Gasteiger partial charge in [-0.1, -0.05) is 51.8 Å². The minimum Gasteiger partial charge on any atom is -0.493 e. The van der Waals surface area contributed by atoms with Crippen LogP contribution in [0.4, 0.5) is 5.69 Å². The van der Waals surface area contributed by atoms with Gasteiger partial charge in [0.1, 0.15) is 6.61 Å². The highest BCUT2D eigenvalue weighted by Gasteiger charge is 2.13. The van der Waals surface area contributed by atoms with E-state index in [9.17, 15) is 0 Å². The number of benzene rings is 3. The van der Waals surface area contributed by atoms with E-state index in [2.05, 4.69) is 65.1 Å². The number of nitrogens with one attached hydrogen (secondary N) is 1. The van der Waals surface area contributed by atoms with Crippen molar-refractivity contribution in [3.63, 3.8) is 0 Å². The third-order valence-corrected chi connectivity index (χ3v) is 5.15. The molecule has 0 aromatic heterocycles. The molecule has 0 aliphatic rings. The van der Waals surface area contributed by atoms with E-state index >= 15 is 0 Å². The molecular formula is C25H26BrNO2. The Morgan fingerprint density at radius 1 is 1.00 bits per heavy atom. The van der Waals surface area contributed by atoms with Crippen LogP contribution in [-0.2, 0) is 19.6 Å². The van der Waals surface area contributed by atoms with Crippen LogP contribution in [0, 0.1) is 6.92 Å². The van der Waals surface area contributed by atoms with Gasteiger partial charge in [0.25, 0.3) is 0 Å². The molecule has 0 heterocycles. The second-order valence-corrected chi connectivity index (χ2v) is 7.83. The van der Waals surface area contributed by atoms with E-state index in [1.165, 1.54) is 5.56 Å². The molecule has 3 aromatic carbocycles. The molecular weight excluding hydrogens is 426 g/mol. The molecule has 0 saturated heterocycles. The normalized spacial score (nSPS) is 10.4. The summed E-state index contributed by atoms with van der Waals surface area (Å²) in [6, 6.07) is 20.7. The molecule has 0 radical (unpaired) electrons. The summed E-state index contributed by atoms with van der Waals surface area (Å²) >= 11 is 3.46. The first-order valence-electron chi connectivity index (χ1n) is 9.57. The zero-order valence-corrected chi connectivity index (χ0v) is 18.5. The van der Waals surface area contributed by atoms with Gasteiger partial charge in [0.2, 0.25) is 0 Å². The number of ether oxygens (including phenoxy) is 2. The van der Waals surface area contributed by atoms with Crippen LogP contribution in [0.25, 0.3) is 0 Å². The lowest BCUT2D eigenvalue weighted by Gasteiger charge is -2.17. The molecule has 29 heavy (non-hydrogen) atoms. The highest BCUT2D eigenvalue weighted by molar-refractivity contribution is 9.10. The van der Waals surface area contributed by atoms with Gasteiger partial charge in [-0.25, -0.2) is 0 Å². The molecule has 0 spiro atoms. The van der Waals surface area contributed by atoms with Crippen LogP contribution < -0.4 is 14.8 Å². The number of anilines is 1. The predicted octanol–water partition coefficient (Wildman–Crippen LogP) is 6.69. The Hall–Kier alpha value is -2.72. The topological polar surface area (TPSA) is 30.5 Å². The number of aryl methyl sites for hydroxylation is 1. The highest BCUT2D eigenvalue weighted by Crippen LogP contribution is 2.34. The molecule has 4 heteroatoms. The van der Waals surface area contributed by atoms with E-state index in [0.717, 1.165) is 38.3 Å². The number of halogens is 1. The largest absolute Gasteiger partial charge is 0.493 e. The minimum absolute atomic E-state index is 0.481. The van der Waals surface area contributed by atoms with Crippen molar-refractivity contribution in [3.05, 3.63) is 100 Å². The lowest BCUT2D eigenvalue weighted by atomic mass is 10.1. The van der Waals surface area contributed by atoms with Gasteiger partial charge in [0.05, 0.1) is 7.11 Å². The van der Waals surface area contributed by atoms with Gasteiger partial charge in [-0.05, 0) is 60.9 Å². The molecule has 0 aliphatic heterocycles. The van der Waals surface area contributed by atoms with Gasteiger partial charge in [-0.2, -0.15) is 0 Å². The summed E-state index contributed by atoms with van der Waals surface area (Å²) in [5, 5.41) is 3.46. The molecule has 3 aromatic rings. The van der Waals surface area contributed by atoms with Crippen molar-refractivity contribution in [2.45, 2.75) is 26.5 Å². The summed E-state index contributed by atoms with van der Waals surface area (Å²) in [7, 11) is 1.68. The Labute approximate surface area is 181 Å². The Balaban J connectivity index is 1.78. The summed E-state index contributed by atoms with van der Waals surface area (Å²) in [5.74, 6) is 1.51. The van der Waals surface area contributed by atoms with Crippen molar-refractivity contribution < 1.29 is 9.47 Å². The Morgan fingerprint density at radius 3 is 2.38 bits per heavy atom. The van der Waals surface area contributed by atoms with Crippen molar-refractivity contribution in [1.29, 1.82) is 0 Å². The van der Waals surface area contributed by atoms with Crippen LogP contribution in [0.5, 0.6) is 11.5 Å². The maximum Gasteiger partial charge on any atom is 0.165 e. The summed E-state index contributed by atoms with van der Waals surface area (Å²) in [6.45, 7) is 7.17. The molecule has 0 aliphatic carbocycles. The summed E-state index contributed by atoms with van der Waals surface area (Å²) in [6.07, 6.45) is 2.60. The van der Waals surface area contributed by atoms with Crippen LogP contribution in [0.15, 0.2) is 77.8 Å². The molecule has 0 unspecified atom stereocenters. The molecule has 0 amide bonds. The van der Waals surface area contributed by atoms with Crippen LogP contribution in [0.3, 0.4) is 0 Å². The van der Waals surface area contributed by atoms with Crippen LogP contribution in [0.1, 0.15) is 22.3 Å². The lowest BCUT2D eigenvalue weighted by Crippen LogP contribution is -2.05. The van der Waals surface area contributed by atoms with Crippen LogP contribution in [-0.4, -0.2) is 7.11 Å². The Kier molecular flexibility index (Phi) is 7.36. The highest BCUT2D eigenvalue weighted by atomic mass is 79.9. The smallest absolute Gasteiger partial charge is 0.165 e. The fourth-order valence-corrected chi connectivity index (χ4v) is 3.32. The summed E-state index contributed by atoms with van der Waals surface area (Å²) < 4.78 is 12.9. The van der Waals surface area contributed by atoms with Crippen molar-refractivity contribution in [1.82, 2.24) is 0 Å². The molecule has 0 bridgehead atoms. The van der Waals surface area contributed by atoms with E-state index in [4.69, 9.17) is 9.47 Å². The van der Waals surface area contributed by atoms with Gasteiger partial charge in [-0.15, -0.1) is 6.58 Å². The third kappa shape index (κ3) is 5.88. The second-order valence-electron chi connectivity index (χ2n) is 6.91. The van der Waals surface area contributed by atoms with Gasteiger partial charge in [-0.3, -0.25) is 0 Å². The van der Waals surface area contributed by atoms with Crippen molar-refractivity contribution >= 4 is 21.6 Å². The zero-order chi connectivity index (χ0) is 20.6. The quantitative estimate of drug-likeness (QED) is 0.367. The van der Waals surface area contributed by atoms with Crippen LogP contribution >= 0.6 is 15.9 Å². The zero-order valence-electron chi connectivity index (χ0n) is 16.9. The van der Waals surface area contributed by atoms with Crippen molar-refractivity contribution in [2.24, 2.45) is 0 Å². The monoisotopic (exact) mass is 451 g/mol. The second kappa shape index (κ2) is 10.2. The van der Waals surface area contributed by atoms with Gasteiger partial charge in [0, 0.05) is 22.3 Å². The number of hydrogen-bond acceptors (Lipinski definition) is 3. The average Bonchev–Trinajstić information content (AvgIpc) is 2.73. The SMILES string of the molecule is C=CCc1cc(CNc2ccc(C)cc2)cc(OC)c1OCc1ccc(Br)cc1. The van der Waals surface area contributed by atoms with E-state index in [1.807, 2.05) is 36.4 Å². The first-order chi connectivity index (χ1) is 14.1. The Morgan fingerprint density at radius 2 is 1.72 bits per heavy atom. The van der Waals surface area contributed by atoms with E-state index in [1.54, 1.807) is 7.11 Å². The third-order valence-electron chi connectivity index (χ3n) is 4.62. The van der Waals surface area contributed by atoms with Gasteiger partial charge >= 0.3 is 0 Å². The summed E-state index contributed by atoms with van der Waals surface area (Å²) in [4.78, 5) is 0. The Bertz CT molecular complexity index is 950. The van der Waals surface area contributed by atoms with Crippen LogP contribution in [0.2, 0.25) is 0 Å². The minimum atomic E-state index is 0.481. The maximum atomic E-state index is 6.16. The van der Waals surface area contributed by atoms with Crippen molar-refractivity contribution in [2.75, 3.05) is 12.4 Å². The van der Waals surface area contributed by atoms with E-state index in [0.29, 0.717) is 19.6 Å². The number of allylic oxidation sites excluding steroid dienone is 1. The first-order valence-corrected chi connectivity index (χ1v) is 10.4. The first kappa shape index (κ1) is 21.0. The standard InChI is InChI=1S/C25H26BrNO2/c1-4-5-21-14-20(16-27-23-12-6-18(2)7-13-23)15-24(28-3)25(21)29-17-19-8-10-22(26)11-9-19/h4,6-15,27H,1,5,16-17H2,2-3H3. The number of hydrogen-bond donors (Lipinski definition) is 1.